The van der Waals surface area contributed by atoms with Crippen LogP contribution in [-0.2, 0) is 17.8 Å². The number of guanidine groups is 1. The SMILES string of the molecule is CN=C(NCc1ccc(CN2CCOCC2)cc1)Nc1ccc2c(c1)OCCCO2.I. The van der Waals surface area contributed by atoms with E-state index in [0.717, 1.165) is 56.5 Å². The molecule has 0 spiro atoms. The van der Waals surface area contributed by atoms with E-state index in [4.69, 9.17) is 14.2 Å². The largest absolute Gasteiger partial charge is 0.490 e. The van der Waals surface area contributed by atoms with E-state index in [1.54, 1.807) is 7.05 Å². The molecule has 4 rings (SSSR count). The van der Waals surface area contributed by atoms with Gasteiger partial charge in [-0.25, -0.2) is 0 Å². The van der Waals surface area contributed by atoms with Crippen LogP contribution in [-0.4, -0.2) is 57.4 Å². The van der Waals surface area contributed by atoms with Crippen LogP contribution in [0.3, 0.4) is 0 Å². The Bertz CT molecular complexity index is 854. The number of benzene rings is 2. The molecule has 1 saturated heterocycles. The Morgan fingerprint density at radius 2 is 1.65 bits per heavy atom. The van der Waals surface area contributed by atoms with E-state index in [1.165, 1.54) is 11.1 Å². The summed E-state index contributed by atoms with van der Waals surface area (Å²) in [5.41, 5.74) is 3.45. The topological polar surface area (TPSA) is 67.4 Å². The highest BCUT2D eigenvalue weighted by atomic mass is 127. The first-order valence-corrected chi connectivity index (χ1v) is 10.6. The standard InChI is InChI=1S/C23H30N4O3.HI/c1-24-23(26-20-7-8-21-22(15-20)30-12-2-11-29-21)25-16-18-3-5-19(6-4-18)17-27-9-13-28-14-10-27;/h3-8,15H,2,9-14,16-17H2,1H3,(H2,24,25,26);1H. The summed E-state index contributed by atoms with van der Waals surface area (Å²) in [6.45, 7) is 6.71. The Hall–Kier alpha value is -2.04. The zero-order valence-corrected chi connectivity index (χ0v) is 20.3. The van der Waals surface area contributed by atoms with Gasteiger partial charge < -0.3 is 24.8 Å². The van der Waals surface area contributed by atoms with Crippen LogP contribution in [0.15, 0.2) is 47.5 Å². The van der Waals surface area contributed by atoms with Crippen molar-refractivity contribution in [1.29, 1.82) is 0 Å². The lowest BCUT2D eigenvalue weighted by Crippen LogP contribution is -2.35. The molecule has 2 aliphatic rings. The fourth-order valence-electron chi connectivity index (χ4n) is 3.52. The number of aliphatic imine (C=N–C) groups is 1. The number of fused-ring (bicyclic) bond motifs is 1. The zero-order valence-electron chi connectivity index (χ0n) is 17.9. The molecule has 1 fully saturated rings. The van der Waals surface area contributed by atoms with Gasteiger partial charge in [0.1, 0.15) is 0 Å². The summed E-state index contributed by atoms with van der Waals surface area (Å²) in [5.74, 6) is 2.27. The van der Waals surface area contributed by atoms with Crippen LogP contribution in [0.2, 0.25) is 0 Å². The lowest BCUT2D eigenvalue weighted by atomic mass is 10.1. The van der Waals surface area contributed by atoms with Crippen LogP contribution >= 0.6 is 24.0 Å². The first-order valence-electron chi connectivity index (χ1n) is 10.6. The molecule has 2 heterocycles. The molecule has 0 amide bonds. The Balaban J connectivity index is 0.00000272. The molecule has 2 aromatic rings. The minimum absolute atomic E-state index is 0. The smallest absolute Gasteiger partial charge is 0.195 e. The summed E-state index contributed by atoms with van der Waals surface area (Å²) >= 11 is 0. The summed E-state index contributed by atoms with van der Waals surface area (Å²) < 4.78 is 16.9. The third-order valence-corrected chi connectivity index (χ3v) is 5.23. The van der Waals surface area contributed by atoms with Gasteiger partial charge in [-0.1, -0.05) is 24.3 Å². The maximum absolute atomic E-state index is 5.76. The molecule has 2 aromatic carbocycles. The van der Waals surface area contributed by atoms with Crippen molar-refractivity contribution in [3.05, 3.63) is 53.6 Å². The quantitative estimate of drug-likeness (QED) is 0.345. The summed E-state index contributed by atoms with van der Waals surface area (Å²) in [6.07, 6.45) is 0.895. The molecule has 0 aliphatic carbocycles. The van der Waals surface area contributed by atoms with E-state index in [-0.39, 0.29) is 24.0 Å². The van der Waals surface area contributed by atoms with E-state index in [0.29, 0.717) is 25.7 Å². The van der Waals surface area contributed by atoms with Crippen LogP contribution in [0, 0.1) is 0 Å². The molecular weight excluding hydrogens is 507 g/mol. The monoisotopic (exact) mass is 538 g/mol. The minimum Gasteiger partial charge on any atom is -0.490 e. The van der Waals surface area contributed by atoms with Crippen molar-refractivity contribution in [3.63, 3.8) is 0 Å². The second kappa shape index (κ2) is 12.1. The van der Waals surface area contributed by atoms with E-state index < -0.39 is 0 Å². The number of ether oxygens (including phenoxy) is 3. The molecule has 0 radical (unpaired) electrons. The lowest BCUT2D eigenvalue weighted by Gasteiger charge is -2.26. The molecule has 0 atom stereocenters. The second-order valence-electron chi connectivity index (χ2n) is 7.47. The van der Waals surface area contributed by atoms with Crippen molar-refractivity contribution in [2.45, 2.75) is 19.5 Å². The van der Waals surface area contributed by atoms with Crippen molar-refractivity contribution in [3.8, 4) is 11.5 Å². The average Bonchev–Trinajstić information content (AvgIpc) is 3.03. The highest BCUT2D eigenvalue weighted by Crippen LogP contribution is 2.32. The highest BCUT2D eigenvalue weighted by Gasteiger charge is 2.12. The first-order chi connectivity index (χ1) is 14.8. The van der Waals surface area contributed by atoms with Gasteiger partial charge in [0.15, 0.2) is 17.5 Å². The summed E-state index contributed by atoms with van der Waals surface area (Å²) in [4.78, 5) is 6.76. The minimum atomic E-state index is 0. The molecular formula is C23H31IN4O3. The van der Waals surface area contributed by atoms with Crippen molar-refractivity contribution in [2.75, 3.05) is 51.9 Å². The Kier molecular flexibility index (Phi) is 9.23. The molecule has 0 saturated carbocycles. The zero-order chi connectivity index (χ0) is 20.6. The van der Waals surface area contributed by atoms with Crippen LogP contribution in [0.1, 0.15) is 17.5 Å². The van der Waals surface area contributed by atoms with Crippen molar-refractivity contribution >= 4 is 35.6 Å². The van der Waals surface area contributed by atoms with Gasteiger partial charge >= 0.3 is 0 Å². The van der Waals surface area contributed by atoms with Gasteiger partial charge in [0.05, 0.1) is 26.4 Å². The Labute approximate surface area is 201 Å². The second-order valence-corrected chi connectivity index (χ2v) is 7.47. The molecule has 2 N–H and O–H groups in total. The van der Waals surface area contributed by atoms with Gasteiger partial charge in [-0.3, -0.25) is 9.89 Å². The van der Waals surface area contributed by atoms with Gasteiger partial charge in [-0.15, -0.1) is 24.0 Å². The number of hydrogen-bond donors (Lipinski definition) is 2. The third kappa shape index (κ3) is 6.98. The van der Waals surface area contributed by atoms with E-state index in [9.17, 15) is 0 Å². The first kappa shape index (κ1) is 23.6. The van der Waals surface area contributed by atoms with Gasteiger partial charge in [0, 0.05) is 51.4 Å². The molecule has 31 heavy (non-hydrogen) atoms. The van der Waals surface area contributed by atoms with Crippen LogP contribution in [0.25, 0.3) is 0 Å². The van der Waals surface area contributed by atoms with Crippen molar-refractivity contribution in [2.24, 2.45) is 4.99 Å². The number of rotatable bonds is 5. The summed E-state index contributed by atoms with van der Waals surface area (Å²) in [5, 5.41) is 6.69. The fraction of sp³-hybridized carbons (Fsp3) is 0.435. The predicted octanol–water partition coefficient (Wildman–Crippen LogP) is 3.49. The van der Waals surface area contributed by atoms with Gasteiger partial charge in [0.2, 0.25) is 0 Å². The van der Waals surface area contributed by atoms with Crippen LogP contribution < -0.4 is 20.1 Å². The van der Waals surface area contributed by atoms with Gasteiger partial charge in [-0.05, 0) is 23.3 Å². The Morgan fingerprint density at radius 1 is 0.935 bits per heavy atom. The summed E-state index contributed by atoms with van der Waals surface area (Å²) in [6, 6.07) is 14.6. The number of anilines is 1. The van der Waals surface area contributed by atoms with Gasteiger partial charge in [-0.2, -0.15) is 0 Å². The normalized spacial score (nSPS) is 16.7. The Morgan fingerprint density at radius 3 is 2.39 bits per heavy atom. The molecule has 2 aliphatic heterocycles. The molecule has 0 bridgehead atoms. The number of halogens is 1. The molecule has 0 aromatic heterocycles. The van der Waals surface area contributed by atoms with Crippen LogP contribution in [0.5, 0.6) is 11.5 Å². The maximum atomic E-state index is 5.76. The highest BCUT2D eigenvalue weighted by molar-refractivity contribution is 14.0. The van der Waals surface area contributed by atoms with E-state index in [2.05, 4.69) is 44.8 Å². The van der Waals surface area contributed by atoms with Crippen molar-refractivity contribution in [1.82, 2.24) is 10.2 Å². The number of hydrogen-bond acceptors (Lipinski definition) is 5. The summed E-state index contributed by atoms with van der Waals surface area (Å²) in [7, 11) is 1.77. The molecule has 168 valence electrons. The maximum Gasteiger partial charge on any atom is 0.195 e. The molecule has 8 heteroatoms. The fourth-order valence-corrected chi connectivity index (χ4v) is 3.52. The van der Waals surface area contributed by atoms with Crippen LogP contribution in [0.4, 0.5) is 5.69 Å². The molecule has 7 nitrogen and oxygen atoms in total. The predicted molar refractivity (Wildman–Crippen MR) is 134 cm³/mol. The van der Waals surface area contributed by atoms with Crippen molar-refractivity contribution < 1.29 is 14.2 Å². The number of nitrogens with one attached hydrogen (secondary N) is 2. The van der Waals surface area contributed by atoms with Gasteiger partial charge in [0.25, 0.3) is 0 Å². The number of nitrogens with zero attached hydrogens (tertiary/aromatic N) is 2. The third-order valence-electron chi connectivity index (χ3n) is 5.23. The van der Waals surface area contributed by atoms with E-state index >= 15 is 0 Å². The lowest BCUT2D eigenvalue weighted by molar-refractivity contribution is 0.0342. The average molecular weight is 538 g/mol. The number of morpholine rings is 1. The van der Waals surface area contributed by atoms with E-state index in [1.807, 2.05) is 18.2 Å². The molecule has 0 unspecified atom stereocenters.